The lowest BCUT2D eigenvalue weighted by molar-refractivity contribution is 0.141. The van der Waals surface area contributed by atoms with E-state index in [9.17, 15) is 0 Å². The second-order valence-electron chi connectivity index (χ2n) is 5.48. The lowest BCUT2D eigenvalue weighted by Crippen LogP contribution is -2.39. The van der Waals surface area contributed by atoms with Gasteiger partial charge in [0.15, 0.2) is 0 Å². The standard InChI is InChI=1S/C15H23BrN2/c1-11-5-7-18(8-6-11)15(10-17)13-3-4-14(16)12(2)9-13/h3-4,9,11,15H,5-8,10,17H2,1-2H3. The Hall–Kier alpha value is -0.380. The van der Waals surface area contributed by atoms with E-state index < -0.39 is 0 Å². The first kappa shape index (κ1) is 14.0. The van der Waals surface area contributed by atoms with Crippen LogP contribution in [0.25, 0.3) is 0 Å². The Morgan fingerprint density at radius 2 is 2.06 bits per heavy atom. The third-order valence-electron chi connectivity index (χ3n) is 4.05. The quantitative estimate of drug-likeness (QED) is 0.926. The summed E-state index contributed by atoms with van der Waals surface area (Å²) in [5, 5.41) is 0. The summed E-state index contributed by atoms with van der Waals surface area (Å²) in [7, 11) is 0. The highest BCUT2D eigenvalue weighted by atomic mass is 79.9. The Morgan fingerprint density at radius 1 is 1.39 bits per heavy atom. The predicted octanol–water partition coefficient (Wildman–Crippen LogP) is 3.49. The van der Waals surface area contributed by atoms with Crippen LogP contribution in [0.2, 0.25) is 0 Å². The van der Waals surface area contributed by atoms with Gasteiger partial charge < -0.3 is 5.73 Å². The highest BCUT2D eigenvalue weighted by molar-refractivity contribution is 9.10. The Bertz CT molecular complexity index is 397. The smallest absolute Gasteiger partial charge is 0.0470 e. The fraction of sp³-hybridized carbons (Fsp3) is 0.600. The summed E-state index contributed by atoms with van der Waals surface area (Å²) in [5.41, 5.74) is 8.65. The van der Waals surface area contributed by atoms with E-state index in [1.54, 1.807) is 0 Å². The third kappa shape index (κ3) is 3.14. The molecule has 1 aromatic carbocycles. The van der Waals surface area contributed by atoms with Crippen molar-refractivity contribution < 1.29 is 0 Å². The highest BCUT2D eigenvalue weighted by Gasteiger charge is 2.23. The molecule has 1 fully saturated rings. The monoisotopic (exact) mass is 310 g/mol. The molecule has 1 unspecified atom stereocenters. The first-order chi connectivity index (χ1) is 8.61. The molecule has 2 nitrogen and oxygen atoms in total. The van der Waals surface area contributed by atoms with Crippen LogP contribution in [0, 0.1) is 12.8 Å². The molecule has 1 atom stereocenters. The second-order valence-corrected chi connectivity index (χ2v) is 6.33. The van der Waals surface area contributed by atoms with Crippen LogP contribution in [0.3, 0.4) is 0 Å². The molecule has 0 bridgehead atoms. The summed E-state index contributed by atoms with van der Waals surface area (Å²) in [6.45, 7) is 7.55. The zero-order chi connectivity index (χ0) is 13.1. The van der Waals surface area contributed by atoms with E-state index in [0.29, 0.717) is 12.6 Å². The molecule has 0 radical (unpaired) electrons. The summed E-state index contributed by atoms with van der Waals surface area (Å²) in [6.07, 6.45) is 2.60. The van der Waals surface area contributed by atoms with Crippen molar-refractivity contribution in [3.8, 4) is 0 Å². The average molecular weight is 311 g/mol. The largest absolute Gasteiger partial charge is 0.329 e. The maximum Gasteiger partial charge on any atom is 0.0470 e. The summed E-state index contributed by atoms with van der Waals surface area (Å²) in [5.74, 6) is 0.867. The molecule has 100 valence electrons. The maximum absolute atomic E-state index is 6.01. The summed E-state index contributed by atoms with van der Waals surface area (Å²) >= 11 is 3.56. The van der Waals surface area contributed by atoms with Crippen molar-refractivity contribution >= 4 is 15.9 Å². The van der Waals surface area contributed by atoms with E-state index in [0.717, 1.165) is 5.92 Å². The Balaban J connectivity index is 2.14. The van der Waals surface area contributed by atoms with Gasteiger partial charge in [-0.1, -0.05) is 35.0 Å². The number of likely N-dealkylation sites (tertiary alicyclic amines) is 1. The molecule has 1 aliphatic rings. The van der Waals surface area contributed by atoms with Crippen LogP contribution in [-0.2, 0) is 0 Å². The van der Waals surface area contributed by atoms with E-state index in [2.05, 4.69) is 52.9 Å². The molecule has 0 saturated carbocycles. The number of aryl methyl sites for hydroxylation is 1. The molecule has 1 aliphatic heterocycles. The molecule has 1 aromatic rings. The fourth-order valence-corrected chi connectivity index (χ4v) is 2.96. The van der Waals surface area contributed by atoms with Crippen LogP contribution in [0.1, 0.15) is 36.9 Å². The Kier molecular flexibility index (Phi) is 4.82. The normalized spacial score (nSPS) is 20.0. The molecular weight excluding hydrogens is 288 g/mol. The first-order valence-corrected chi connectivity index (χ1v) is 7.61. The van der Waals surface area contributed by atoms with E-state index in [1.807, 2.05) is 0 Å². The van der Waals surface area contributed by atoms with Crippen molar-refractivity contribution in [2.45, 2.75) is 32.7 Å². The van der Waals surface area contributed by atoms with Gasteiger partial charge in [0.25, 0.3) is 0 Å². The number of nitrogens with zero attached hydrogens (tertiary/aromatic N) is 1. The van der Waals surface area contributed by atoms with E-state index in [-0.39, 0.29) is 0 Å². The molecule has 1 heterocycles. The van der Waals surface area contributed by atoms with Gasteiger partial charge in [0.2, 0.25) is 0 Å². The van der Waals surface area contributed by atoms with Gasteiger partial charge in [-0.05, 0) is 56.0 Å². The summed E-state index contributed by atoms with van der Waals surface area (Å²) in [6, 6.07) is 6.98. The number of halogens is 1. The van der Waals surface area contributed by atoms with Gasteiger partial charge in [-0.2, -0.15) is 0 Å². The van der Waals surface area contributed by atoms with Gasteiger partial charge in [0.1, 0.15) is 0 Å². The molecule has 18 heavy (non-hydrogen) atoms. The van der Waals surface area contributed by atoms with Crippen LogP contribution < -0.4 is 5.73 Å². The Labute approximate surface area is 119 Å². The van der Waals surface area contributed by atoms with Crippen LogP contribution in [0.15, 0.2) is 22.7 Å². The zero-order valence-corrected chi connectivity index (χ0v) is 12.9. The molecule has 0 aliphatic carbocycles. The SMILES string of the molecule is Cc1cc(C(CN)N2CCC(C)CC2)ccc1Br. The summed E-state index contributed by atoms with van der Waals surface area (Å²) < 4.78 is 1.18. The zero-order valence-electron chi connectivity index (χ0n) is 11.3. The molecule has 3 heteroatoms. The van der Waals surface area contributed by atoms with Crippen LogP contribution in [0.5, 0.6) is 0 Å². The van der Waals surface area contributed by atoms with Crippen LogP contribution in [-0.4, -0.2) is 24.5 Å². The highest BCUT2D eigenvalue weighted by Crippen LogP contribution is 2.28. The number of piperidine rings is 1. The lowest BCUT2D eigenvalue weighted by Gasteiger charge is -2.36. The van der Waals surface area contributed by atoms with Gasteiger partial charge in [-0.3, -0.25) is 4.90 Å². The molecule has 2 N–H and O–H groups in total. The number of hydrogen-bond donors (Lipinski definition) is 1. The molecule has 0 aromatic heterocycles. The minimum absolute atomic E-state index is 0.379. The lowest BCUT2D eigenvalue weighted by atomic mass is 9.95. The van der Waals surface area contributed by atoms with Crippen molar-refractivity contribution in [2.24, 2.45) is 11.7 Å². The second kappa shape index (κ2) is 6.18. The van der Waals surface area contributed by atoms with Gasteiger partial charge in [-0.15, -0.1) is 0 Å². The minimum Gasteiger partial charge on any atom is -0.329 e. The first-order valence-electron chi connectivity index (χ1n) is 6.82. The van der Waals surface area contributed by atoms with Gasteiger partial charge in [-0.25, -0.2) is 0 Å². The molecule has 2 rings (SSSR count). The van der Waals surface area contributed by atoms with Crippen LogP contribution >= 0.6 is 15.9 Å². The molecule has 0 amide bonds. The number of hydrogen-bond acceptors (Lipinski definition) is 2. The van der Waals surface area contributed by atoms with Gasteiger partial charge >= 0.3 is 0 Å². The topological polar surface area (TPSA) is 29.3 Å². The Morgan fingerprint density at radius 3 is 2.61 bits per heavy atom. The van der Waals surface area contributed by atoms with Crippen LogP contribution in [0.4, 0.5) is 0 Å². The third-order valence-corrected chi connectivity index (χ3v) is 4.94. The number of nitrogens with two attached hydrogens (primary N) is 1. The van der Waals surface area contributed by atoms with E-state index in [4.69, 9.17) is 5.73 Å². The van der Waals surface area contributed by atoms with E-state index >= 15 is 0 Å². The van der Waals surface area contributed by atoms with Crippen molar-refractivity contribution in [1.82, 2.24) is 4.90 Å². The van der Waals surface area contributed by atoms with Crippen molar-refractivity contribution in [3.05, 3.63) is 33.8 Å². The fourth-order valence-electron chi connectivity index (χ4n) is 2.71. The van der Waals surface area contributed by atoms with Gasteiger partial charge in [0, 0.05) is 17.1 Å². The van der Waals surface area contributed by atoms with E-state index in [1.165, 1.54) is 41.5 Å². The molecular formula is C15H23BrN2. The number of rotatable bonds is 3. The predicted molar refractivity (Wildman–Crippen MR) is 80.6 cm³/mol. The minimum atomic E-state index is 0.379. The average Bonchev–Trinajstić information content (AvgIpc) is 2.37. The van der Waals surface area contributed by atoms with Gasteiger partial charge in [0.05, 0.1) is 0 Å². The van der Waals surface area contributed by atoms with Crippen molar-refractivity contribution in [3.63, 3.8) is 0 Å². The maximum atomic E-state index is 6.01. The number of benzene rings is 1. The summed E-state index contributed by atoms with van der Waals surface area (Å²) in [4.78, 5) is 2.54. The molecule has 0 spiro atoms. The van der Waals surface area contributed by atoms with Crippen molar-refractivity contribution in [2.75, 3.05) is 19.6 Å². The van der Waals surface area contributed by atoms with Crippen molar-refractivity contribution in [1.29, 1.82) is 0 Å². The molecule has 1 saturated heterocycles.